The second-order valence-electron chi connectivity index (χ2n) is 4.99. The molecule has 0 saturated carbocycles. The van der Waals surface area contributed by atoms with Crippen LogP contribution in [-0.4, -0.2) is 0 Å². The van der Waals surface area contributed by atoms with E-state index in [0.717, 1.165) is 12.8 Å². The lowest BCUT2D eigenvalue weighted by molar-refractivity contribution is 0.577. The van der Waals surface area contributed by atoms with Crippen molar-refractivity contribution < 1.29 is 8.78 Å². The van der Waals surface area contributed by atoms with E-state index in [1.165, 1.54) is 12.1 Å². The predicted octanol–water partition coefficient (Wildman–Crippen LogP) is 5.05. The van der Waals surface area contributed by atoms with E-state index in [1.54, 1.807) is 30.3 Å². The van der Waals surface area contributed by atoms with Gasteiger partial charge in [0, 0.05) is 5.56 Å². The van der Waals surface area contributed by atoms with Crippen LogP contribution in [0.2, 0.25) is 0 Å². The minimum atomic E-state index is -0.678. The number of benzene rings is 2. The molecule has 23 heavy (non-hydrogen) atoms. The van der Waals surface area contributed by atoms with Crippen LogP contribution < -0.4 is 0 Å². The van der Waals surface area contributed by atoms with E-state index in [4.69, 9.17) is 5.26 Å². The van der Waals surface area contributed by atoms with E-state index in [9.17, 15) is 8.78 Å². The molecule has 0 atom stereocenters. The molecular formula is C20H15F2N. The molecule has 0 aliphatic rings. The maximum absolute atomic E-state index is 14.0. The first-order chi connectivity index (χ1) is 11.1. The quantitative estimate of drug-likeness (QED) is 0.728. The fourth-order valence-electron chi connectivity index (χ4n) is 1.96. The van der Waals surface area contributed by atoms with Crippen molar-refractivity contribution >= 4 is 6.08 Å². The summed E-state index contributed by atoms with van der Waals surface area (Å²) in [5.41, 5.74) is 1.34. The van der Waals surface area contributed by atoms with Crippen LogP contribution in [0.3, 0.4) is 0 Å². The predicted molar refractivity (Wildman–Crippen MR) is 87.4 cm³/mol. The highest BCUT2D eigenvalue weighted by molar-refractivity contribution is 5.53. The van der Waals surface area contributed by atoms with Gasteiger partial charge in [-0.3, -0.25) is 0 Å². The zero-order valence-electron chi connectivity index (χ0n) is 12.7. The van der Waals surface area contributed by atoms with Gasteiger partial charge >= 0.3 is 0 Å². The summed E-state index contributed by atoms with van der Waals surface area (Å²) in [4.78, 5) is 0. The van der Waals surface area contributed by atoms with Crippen molar-refractivity contribution in [2.75, 3.05) is 0 Å². The molecule has 0 aliphatic carbocycles. The van der Waals surface area contributed by atoms with Crippen molar-refractivity contribution in [1.82, 2.24) is 0 Å². The number of nitriles is 1. The lowest BCUT2D eigenvalue weighted by atomic mass is 10.1. The van der Waals surface area contributed by atoms with E-state index in [2.05, 4.69) is 11.8 Å². The van der Waals surface area contributed by atoms with Crippen molar-refractivity contribution in [2.24, 2.45) is 0 Å². The number of hydrogen-bond donors (Lipinski definition) is 0. The van der Waals surface area contributed by atoms with Gasteiger partial charge < -0.3 is 0 Å². The van der Waals surface area contributed by atoms with Gasteiger partial charge in [0.2, 0.25) is 0 Å². The number of nitrogens with zero attached hydrogens (tertiary/aromatic N) is 1. The van der Waals surface area contributed by atoms with E-state index in [1.807, 2.05) is 19.1 Å². The van der Waals surface area contributed by atoms with Crippen molar-refractivity contribution in [3.8, 4) is 17.9 Å². The number of allylic oxidation sites excluding steroid dienone is 1. The normalized spacial score (nSPS) is 10.2. The van der Waals surface area contributed by atoms with Crippen molar-refractivity contribution in [1.29, 1.82) is 5.26 Å². The van der Waals surface area contributed by atoms with Crippen molar-refractivity contribution in [3.05, 3.63) is 76.4 Å². The molecule has 0 aromatic heterocycles. The Morgan fingerprint density at radius 1 is 1.00 bits per heavy atom. The lowest BCUT2D eigenvalue weighted by Gasteiger charge is -2.00. The van der Waals surface area contributed by atoms with Gasteiger partial charge in [-0.05, 0) is 48.4 Å². The van der Waals surface area contributed by atoms with Crippen LogP contribution in [0.4, 0.5) is 8.78 Å². The highest BCUT2D eigenvalue weighted by Gasteiger charge is 2.07. The SMILES string of the molecule is CCCC=Cc1cc(F)c(C#Cc2ccc(C#N)cc2)c(F)c1. The molecule has 0 spiro atoms. The first-order valence-corrected chi connectivity index (χ1v) is 7.32. The summed E-state index contributed by atoms with van der Waals surface area (Å²) < 4.78 is 28.0. The Balaban J connectivity index is 2.27. The van der Waals surface area contributed by atoms with Crippen LogP contribution in [0.15, 0.2) is 42.5 Å². The molecule has 0 heterocycles. The Hall–Kier alpha value is -2.91. The molecule has 0 radical (unpaired) electrons. The van der Waals surface area contributed by atoms with Crippen LogP contribution in [0.5, 0.6) is 0 Å². The molecule has 0 saturated heterocycles. The van der Waals surface area contributed by atoms with Crippen molar-refractivity contribution in [3.63, 3.8) is 0 Å². The summed E-state index contributed by atoms with van der Waals surface area (Å²) in [6.07, 6.45) is 5.43. The molecular weight excluding hydrogens is 292 g/mol. The van der Waals surface area contributed by atoms with Crippen LogP contribution in [0, 0.1) is 34.8 Å². The average molecular weight is 307 g/mol. The minimum absolute atomic E-state index is 0.248. The zero-order valence-corrected chi connectivity index (χ0v) is 12.7. The molecule has 2 aromatic carbocycles. The zero-order chi connectivity index (χ0) is 16.7. The minimum Gasteiger partial charge on any atom is -0.205 e. The fourth-order valence-corrected chi connectivity index (χ4v) is 1.96. The summed E-state index contributed by atoms with van der Waals surface area (Å²) in [5.74, 6) is 3.87. The first-order valence-electron chi connectivity index (χ1n) is 7.32. The summed E-state index contributed by atoms with van der Waals surface area (Å²) in [6.45, 7) is 2.04. The Labute approximate surface area is 134 Å². The monoisotopic (exact) mass is 307 g/mol. The molecule has 2 aromatic rings. The van der Waals surface area contributed by atoms with E-state index in [-0.39, 0.29) is 5.56 Å². The highest BCUT2D eigenvalue weighted by Crippen LogP contribution is 2.16. The topological polar surface area (TPSA) is 23.8 Å². The maximum atomic E-state index is 14.0. The molecule has 0 fully saturated rings. The van der Waals surface area contributed by atoms with Crippen molar-refractivity contribution in [2.45, 2.75) is 19.8 Å². The third-order valence-electron chi connectivity index (χ3n) is 3.18. The summed E-state index contributed by atoms with van der Waals surface area (Å²) in [7, 11) is 0. The third-order valence-corrected chi connectivity index (χ3v) is 3.18. The number of halogens is 2. The van der Waals surface area contributed by atoms with E-state index >= 15 is 0 Å². The molecule has 0 unspecified atom stereocenters. The number of hydrogen-bond acceptors (Lipinski definition) is 1. The van der Waals surface area contributed by atoms with Gasteiger partial charge in [-0.15, -0.1) is 0 Å². The number of unbranched alkanes of at least 4 members (excludes halogenated alkanes) is 1. The molecule has 3 heteroatoms. The number of rotatable bonds is 3. The van der Waals surface area contributed by atoms with Crippen LogP contribution in [0.25, 0.3) is 6.08 Å². The molecule has 0 bridgehead atoms. The summed E-state index contributed by atoms with van der Waals surface area (Å²) in [6, 6.07) is 11.1. The smallest absolute Gasteiger partial charge is 0.142 e. The Bertz CT molecular complexity index is 792. The molecule has 2 rings (SSSR count). The standard InChI is InChI=1S/C20H15F2N/c1-2-3-4-5-17-12-19(21)18(20(22)13-17)11-10-15-6-8-16(14-23)9-7-15/h4-9,12-13H,2-3H2,1H3. The maximum Gasteiger partial charge on any atom is 0.142 e. The average Bonchev–Trinajstić information content (AvgIpc) is 2.55. The van der Waals surface area contributed by atoms with Crippen LogP contribution >= 0.6 is 0 Å². The van der Waals surface area contributed by atoms with Gasteiger partial charge in [0.15, 0.2) is 0 Å². The summed E-state index contributed by atoms with van der Waals surface area (Å²) in [5, 5.41) is 8.72. The largest absolute Gasteiger partial charge is 0.205 e. The van der Waals surface area contributed by atoms with Gasteiger partial charge in [-0.2, -0.15) is 5.26 Å². The molecule has 0 aliphatic heterocycles. The van der Waals surface area contributed by atoms with Crippen LogP contribution in [-0.2, 0) is 0 Å². The van der Waals surface area contributed by atoms with Gasteiger partial charge in [0.1, 0.15) is 11.6 Å². The Morgan fingerprint density at radius 2 is 1.61 bits per heavy atom. The molecule has 1 nitrogen and oxygen atoms in total. The first kappa shape index (κ1) is 16.5. The second-order valence-corrected chi connectivity index (χ2v) is 4.99. The molecule has 0 N–H and O–H groups in total. The Morgan fingerprint density at radius 3 is 2.17 bits per heavy atom. The third kappa shape index (κ3) is 4.53. The summed E-state index contributed by atoms with van der Waals surface area (Å²) >= 11 is 0. The van der Waals surface area contributed by atoms with E-state index in [0.29, 0.717) is 16.7 Å². The van der Waals surface area contributed by atoms with Gasteiger partial charge in [0.25, 0.3) is 0 Å². The van der Waals surface area contributed by atoms with E-state index < -0.39 is 11.6 Å². The highest BCUT2D eigenvalue weighted by atomic mass is 19.1. The lowest BCUT2D eigenvalue weighted by Crippen LogP contribution is -1.92. The second kappa shape index (κ2) is 7.92. The fraction of sp³-hybridized carbons (Fsp3) is 0.150. The van der Waals surface area contributed by atoms with Gasteiger partial charge in [-0.25, -0.2) is 8.78 Å². The van der Waals surface area contributed by atoms with Gasteiger partial charge in [-0.1, -0.05) is 37.3 Å². The molecule has 114 valence electrons. The van der Waals surface area contributed by atoms with Crippen LogP contribution in [0.1, 0.15) is 42.0 Å². The Kier molecular flexibility index (Phi) is 5.67. The molecule has 0 amide bonds. The van der Waals surface area contributed by atoms with Gasteiger partial charge in [0.05, 0.1) is 17.2 Å².